The molecular formula is C7H3BrClFN2. The lowest BCUT2D eigenvalue weighted by Crippen LogP contribution is -1.76. The molecule has 1 N–H and O–H groups in total. The van der Waals surface area contributed by atoms with E-state index in [1.54, 1.807) is 6.07 Å². The summed E-state index contributed by atoms with van der Waals surface area (Å²) in [6.45, 7) is 0. The number of aromatic amines is 1. The number of nitrogens with zero attached hydrogens (tertiary/aromatic N) is 1. The second kappa shape index (κ2) is 2.71. The third-order valence-corrected chi connectivity index (χ3v) is 2.45. The molecule has 0 fully saturated rings. The smallest absolute Gasteiger partial charge is 0.158 e. The van der Waals surface area contributed by atoms with Crippen LogP contribution in [0.15, 0.2) is 16.6 Å². The Bertz CT molecular complexity index is 440. The molecule has 0 unspecified atom stereocenters. The number of nitrogens with one attached hydrogen (secondary N) is 1. The Morgan fingerprint density at radius 1 is 1.50 bits per heavy atom. The van der Waals surface area contributed by atoms with Crippen LogP contribution in [0.25, 0.3) is 10.9 Å². The first-order valence-corrected chi connectivity index (χ1v) is 4.34. The third kappa shape index (κ3) is 1.11. The highest BCUT2D eigenvalue weighted by Crippen LogP contribution is 2.26. The highest BCUT2D eigenvalue weighted by molar-refractivity contribution is 9.10. The third-order valence-electron chi connectivity index (χ3n) is 1.56. The van der Waals surface area contributed by atoms with Crippen LogP contribution < -0.4 is 0 Å². The van der Waals surface area contributed by atoms with Crippen LogP contribution >= 0.6 is 27.5 Å². The minimum Gasteiger partial charge on any atom is -0.276 e. The van der Waals surface area contributed by atoms with E-state index in [4.69, 9.17) is 11.6 Å². The van der Waals surface area contributed by atoms with Gasteiger partial charge in [0, 0.05) is 5.39 Å². The second-order valence-electron chi connectivity index (χ2n) is 2.33. The van der Waals surface area contributed by atoms with Crippen molar-refractivity contribution in [3.05, 3.63) is 27.6 Å². The Labute approximate surface area is 80.8 Å². The van der Waals surface area contributed by atoms with Crippen LogP contribution in [0.1, 0.15) is 0 Å². The van der Waals surface area contributed by atoms with Crippen molar-refractivity contribution in [1.29, 1.82) is 0 Å². The second-order valence-corrected chi connectivity index (χ2v) is 3.54. The number of benzene rings is 1. The summed E-state index contributed by atoms with van der Waals surface area (Å²) >= 11 is 8.73. The number of rotatable bonds is 0. The van der Waals surface area contributed by atoms with Crippen LogP contribution in [0, 0.1) is 5.82 Å². The molecule has 12 heavy (non-hydrogen) atoms. The molecule has 5 heteroatoms. The zero-order valence-corrected chi connectivity index (χ0v) is 8.08. The number of aromatic nitrogens is 2. The summed E-state index contributed by atoms with van der Waals surface area (Å²) in [6, 6.07) is 2.94. The van der Waals surface area contributed by atoms with Crippen LogP contribution in [0.2, 0.25) is 5.15 Å². The topological polar surface area (TPSA) is 28.7 Å². The van der Waals surface area contributed by atoms with E-state index in [9.17, 15) is 4.39 Å². The van der Waals surface area contributed by atoms with Gasteiger partial charge in [-0.05, 0) is 28.1 Å². The molecule has 1 aromatic carbocycles. The Morgan fingerprint density at radius 2 is 2.25 bits per heavy atom. The zero-order chi connectivity index (χ0) is 8.72. The molecule has 0 radical (unpaired) electrons. The van der Waals surface area contributed by atoms with Gasteiger partial charge in [-0.2, -0.15) is 5.10 Å². The lowest BCUT2D eigenvalue weighted by molar-refractivity contribution is 0.623. The number of hydrogen-bond donors (Lipinski definition) is 1. The van der Waals surface area contributed by atoms with Gasteiger partial charge in [-0.1, -0.05) is 11.6 Å². The van der Waals surface area contributed by atoms with E-state index in [-0.39, 0.29) is 11.0 Å². The van der Waals surface area contributed by atoms with Crippen LogP contribution in [0.3, 0.4) is 0 Å². The zero-order valence-electron chi connectivity index (χ0n) is 5.74. The minimum atomic E-state index is -0.342. The molecule has 0 saturated carbocycles. The molecule has 0 atom stereocenters. The summed E-state index contributed by atoms with van der Waals surface area (Å²) in [6.07, 6.45) is 0. The molecule has 0 aliphatic heterocycles. The van der Waals surface area contributed by atoms with Crippen molar-refractivity contribution in [1.82, 2.24) is 10.2 Å². The van der Waals surface area contributed by atoms with E-state index in [1.165, 1.54) is 6.07 Å². The molecule has 0 saturated heterocycles. The maximum Gasteiger partial charge on any atom is 0.158 e. The summed E-state index contributed by atoms with van der Waals surface area (Å²) < 4.78 is 13.4. The van der Waals surface area contributed by atoms with Crippen molar-refractivity contribution < 1.29 is 4.39 Å². The van der Waals surface area contributed by atoms with Gasteiger partial charge in [0.25, 0.3) is 0 Å². The molecule has 0 spiro atoms. The molecule has 2 rings (SSSR count). The van der Waals surface area contributed by atoms with Crippen molar-refractivity contribution in [2.45, 2.75) is 0 Å². The molecule has 62 valence electrons. The summed E-state index contributed by atoms with van der Waals surface area (Å²) in [5.74, 6) is -0.342. The van der Waals surface area contributed by atoms with E-state index < -0.39 is 0 Å². The van der Waals surface area contributed by atoms with Gasteiger partial charge in [-0.15, -0.1) is 0 Å². The summed E-state index contributed by atoms with van der Waals surface area (Å²) in [5, 5.41) is 7.29. The van der Waals surface area contributed by atoms with Crippen LogP contribution in [-0.2, 0) is 0 Å². The number of hydrogen-bond acceptors (Lipinski definition) is 1. The highest BCUT2D eigenvalue weighted by Gasteiger charge is 2.06. The number of halogens is 3. The maximum atomic E-state index is 13.0. The predicted molar refractivity (Wildman–Crippen MR) is 48.8 cm³/mol. The van der Waals surface area contributed by atoms with Crippen LogP contribution in [-0.4, -0.2) is 10.2 Å². The van der Waals surface area contributed by atoms with E-state index in [0.717, 1.165) is 0 Å². The first-order chi connectivity index (χ1) is 5.68. The van der Waals surface area contributed by atoms with Gasteiger partial charge in [-0.3, -0.25) is 5.10 Å². The lowest BCUT2D eigenvalue weighted by atomic mass is 10.2. The van der Waals surface area contributed by atoms with E-state index in [0.29, 0.717) is 15.4 Å². The monoisotopic (exact) mass is 248 g/mol. The van der Waals surface area contributed by atoms with Crippen LogP contribution in [0.4, 0.5) is 4.39 Å². The molecule has 2 nitrogen and oxygen atoms in total. The van der Waals surface area contributed by atoms with Crippen molar-refractivity contribution >= 4 is 38.4 Å². The first-order valence-electron chi connectivity index (χ1n) is 3.17. The molecular weight excluding hydrogens is 246 g/mol. The standard InChI is InChI=1S/C7H3BrClFN2/c8-4-2-6-3(1-5(4)10)7(9)12-11-6/h1-2H,(H,11,12). The molecule has 2 aromatic rings. The molecule has 0 aliphatic rings. The summed E-state index contributed by atoms with van der Waals surface area (Å²) in [5.41, 5.74) is 0.716. The fourth-order valence-corrected chi connectivity index (χ4v) is 1.52. The van der Waals surface area contributed by atoms with Crippen molar-refractivity contribution in [3.63, 3.8) is 0 Å². The predicted octanol–water partition coefficient (Wildman–Crippen LogP) is 3.12. The Balaban J connectivity index is 2.87. The lowest BCUT2D eigenvalue weighted by Gasteiger charge is -1.93. The van der Waals surface area contributed by atoms with Crippen molar-refractivity contribution in [2.24, 2.45) is 0 Å². The fourth-order valence-electron chi connectivity index (χ4n) is 0.980. The largest absolute Gasteiger partial charge is 0.276 e. The molecule has 0 amide bonds. The van der Waals surface area contributed by atoms with Gasteiger partial charge >= 0.3 is 0 Å². The molecule has 0 bridgehead atoms. The summed E-state index contributed by atoms with van der Waals surface area (Å²) in [4.78, 5) is 0. The fraction of sp³-hybridized carbons (Fsp3) is 0. The van der Waals surface area contributed by atoms with Gasteiger partial charge in [-0.25, -0.2) is 4.39 Å². The Morgan fingerprint density at radius 3 is 3.00 bits per heavy atom. The van der Waals surface area contributed by atoms with Gasteiger partial charge in [0.05, 0.1) is 9.99 Å². The Hall–Kier alpha value is -0.610. The SMILES string of the molecule is Fc1cc2c(Cl)n[nH]c2cc1Br. The number of H-pyrrole nitrogens is 1. The van der Waals surface area contributed by atoms with Gasteiger partial charge in [0.2, 0.25) is 0 Å². The van der Waals surface area contributed by atoms with Gasteiger partial charge < -0.3 is 0 Å². The average molecular weight is 249 g/mol. The van der Waals surface area contributed by atoms with E-state index >= 15 is 0 Å². The van der Waals surface area contributed by atoms with Crippen molar-refractivity contribution in [3.8, 4) is 0 Å². The molecule has 1 heterocycles. The quantitative estimate of drug-likeness (QED) is 0.763. The first kappa shape index (κ1) is 8.01. The highest BCUT2D eigenvalue weighted by atomic mass is 79.9. The van der Waals surface area contributed by atoms with E-state index in [1.807, 2.05) is 0 Å². The van der Waals surface area contributed by atoms with Crippen LogP contribution in [0.5, 0.6) is 0 Å². The van der Waals surface area contributed by atoms with Crippen molar-refractivity contribution in [2.75, 3.05) is 0 Å². The summed E-state index contributed by atoms with van der Waals surface area (Å²) in [7, 11) is 0. The minimum absolute atomic E-state index is 0.288. The normalized spacial score (nSPS) is 10.9. The average Bonchev–Trinajstić information content (AvgIpc) is 2.35. The van der Waals surface area contributed by atoms with E-state index in [2.05, 4.69) is 26.1 Å². The molecule has 0 aliphatic carbocycles. The Kier molecular flexibility index (Phi) is 1.81. The molecule has 1 aromatic heterocycles. The maximum absolute atomic E-state index is 13.0. The van der Waals surface area contributed by atoms with Gasteiger partial charge in [0.15, 0.2) is 5.15 Å². The van der Waals surface area contributed by atoms with Gasteiger partial charge in [0.1, 0.15) is 5.82 Å². The number of fused-ring (bicyclic) bond motifs is 1.